The number of ether oxygens (including phenoxy) is 1. The number of hydrogen-bond acceptors (Lipinski definition) is 2. The van der Waals surface area contributed by atoms with E-state index in [4.69, 9.17) is 11.3 Å². The smallest absolute Gasteiger partial charge is 0.273 e. The summed E-state index contributed by atoms with van der Waals surface area (Å²) in [5, 5.41) is 0. The van der Waals surface area contributed by atoms with Crippen molar-refractivity contribution in [2.45, 2.75) is 38.7 Å². The summed E-state index contributed by atoms with van der Waals surface area (Å²) in [6, 6.07) is 3.54. The molecular formula is C13H16N2O. The van der Waals surface area contributed by atoms with E-state index >= 15 is 0 Å². The molecule has 1 aromatic heterocycles. The zero-order valence-electron chi connectivity index (χ0n) is 9.52. The van der Waals surface area contributed by atoms with E-state index in [1.54, 1.807) is 12.3 Å². The third kappa shape index (κ3) is 2.73. The number of pyridine rings is 1. The molecule has 0 aromatic carbocycles. The molecule has 1 fully saturated rings. The molecule has 0 radical (unpaired) electrons. The highest BCUT2D eigenvalue weighted by Gasteiger charge is 2.19. The monoisotopic (exact) mass is 216 g/mol. The molecule has 0 aliphatic heterocycles. The molecule has 0 unspecified atom stereocenters. The van der Waals surface area contributed by atoms with E-state index in [2.05, 4.69) is 16.8 Å². The fourth-order valence-electron chi connectivity index (χ4n) is 2.07. The minimum absolute atomic E-state index is 0.317. The summed E-state index contributed by atoms with van der Waals surface area (Å²) in [7, 11) is 0. The molecule has 3 nitrogen and oxygen atoms in total. The summed E-state index contributed by atoms with van der Waals surface area (Å²) < 4.78 is 5.86. The van der Waals surface area contributed by atoms with Gasteiger partial charge in [0.25, 0.3) is 5.82 Å². The highest BCUT2D eigenvalue weighted by Crippen LogP contribution is 2.27. The third-order valence-corrected chi connectivity index (χ3v) is 3.10. The van der Waals surface area contributed by atoms with Gasteiger partial charge in [0.1, 0.15) is 11.9 Å². The second kappa shape index (κ2) is 4.98. The standard InChI is InChI=1S/C13H16N2O/c1-10-3-5-11(6-4-10)16-12-7-8-15-13(9-12)14-2/h7-11H,3-6H2,1H3. The van der Waals surface area contributed by atoms with Crippen LogP contribution >= 0.6 is 0 Å². The van der Waals surface area contributed by atoms with Crippen LogP contribution in [0.4, 0.5) is 5.82 Å². The Labute approximate surface area is 96.3 Å². The van der Waals surface area contributed by atoms with Crippen LogP contribution in [0.2, 0.25) is 0 Å². The van der Waals surface area contributed by atoms with Crippen molar-refractivity contribution in [3.8, 4) is 5.75 Å². The van der Waals surface area contributed by atoms with Crippen LogP contribution in [0.15, 0.2) is 18.3 Å². The topological polar surface area (TPSA) is 26.5 Å². The molecule has 0 spiro atoms. The van der Waals surface area contributed by atoms with Gasteiger partial charge in [-0.15, -0.1) is 4.98 Å². The van der Waals surface area contributed by atoms with Gasteiger partial charge in [0.2, 0.25) is 0 Å². The Hall–Kier alpha value is -1.56. The molecule has 16 heavy (non-hydrogen) atoms. The molecule has 0 bridgehead atoms. The Bertz CT molecular complexity index is 389. The van der Waals surface area contributed by atoms with Crippen molar-refractivity contribution in [2.75, 3.05) is 0 Å². The van der Waals surface area contributed by atoms with Crippen LogP contribution in [-0.4, -0.2) is 11.1 Å². The van der Waals surface area contributed by atoms with Gasteiger partial charge >= 0.3 is 0 Å². The minimum Gasteiger partial charge on any atom is -0.492 e. The third-order valence-electron chi connectivity index (χ3n) is 3.10. The first-order chi connectivity index (χ1) is 7.78. The van der Waals surface area contributed by atoms with Crippen LogP contribution in [0.1, 0.15) is 32.6 Å². The maximum absolute atomic E-state index is 6.89. The van der Waals surface area contributed by atoms with Gasteiger partial charge in [-0.1, -0.05) is 13.5 Å². The summed E-state index contributed by atoms with van der Waals surface area (Å²) in [5.74, 6) is 2.01. The first kappa shape index (κ1) is 10.9. The first-order valence-electron chi connectivity index (χ1n) is 5.78. The fourth-order valence-corrected chi connectivity index (χ4v) is 2.07. The predicted molar refractivity (Wildman–Crippen MR) is 62.5 cm³/mol. The molecule has 1 heterocycles. The number of aromatic nitrogens is 1. The van der Waals surface area contributed by atoms with Crippen molar-refractivity contribution < 1.29 is 4.74 Å². The molecule has 0 amide bonds. The molecule has 2 rings (SSSR count). The zero-order valence-corrected chi connectivity index (χ0v) is 9.52. The van der Waals surface area contributed by atoms with Crippen molar-refractivity contribution in [3.05, 3.63) is 29.7 Å². The van der Waals surface area contributed by atoms with E-state index in [0.29, 0.717) is 11.9 Å². The fraction of sp³-hybridized carbons (Fsp3) is 0.538. The Kier molecular flexibility index (Phi) is 3.40. The van der Waals surface area contributed by atoms with Gasteiger partial charge < -0.3 is 9.58 Å². The minimum atomic E-state index is 0.317. The van der Waals surface area contributed by atoms with Crippen LogP contribution in [0.5, 0.6) is 5.75 Å². The zero-order chi connectivity index (χ0) is 11.4. The summed E-state index contributed by atoms with van der Waals surface area (Å²) in [6.07, 6.45) is 6.68. The second-order valence-corrected chi connectivity index (χ2v) is 4.46. The van der Waals surface area contributed by atoms with Crippen molar-refractivity contribution in [3.63, 3.8) is 0 Å². The SMILES string of the molecule is [C-]#[N+]c1cc(OC2CCC(C)CC2)ccn1. The average molecular weight is 216 g/mol. The largest absolute Gasteiger partial charge is 0.492 e. The first-order valence-corrected chi connectivity index (χ1v) is 5.78. The van der Waals surface area contributed by atoms with Crippen LogP contribution in [0.3, 0.4) is 0 Å². The summed E-state index contributed by atoms with van der Waals surface area (Å²) >= 11 is 0. The Morgan fingerprint density at radius 3 is 2.81 bits per heavy atom. The van der Waals surface area contributed by atoms with Crippen LogP contribution in [-0.2, 0) is 0 Å². The molecule has 1 aliphatic carbocycles. The molecule has 0 atom stereocenters. The lowest BCUT2D eigenvalue weighted by Gasteiger charge is -2.26. The van der Waals surface area contributed by atoms with E-state index in [1.807, 2.05) is 6.07 Å². The number of nitrogens with zero attached hydrogens (tertiary/aromatic N) is 2. The number of hydrogen-bond donors (Lipinski definition) is 0. The molecule has 1 saturated carbocycles. The molecule has 0 saturated heterocycles. The van der Waals surface area contributed by atoms with Gasteiger partial charge in [0.15, 0.2) is 0 Å². The summed E-state index contributed by atoms with van der Waals surface area (Å²) in [4.78, 5) is 7.22. The summed E-state index contributed by atoms with van der Waals surface area (Å²) in [6.45, 7) is 9.18. The lowest BCUT2D eigenvalue weighted by molar-refractivity contribution is 0.135. The summed E-state index contributed by atoms with van der Waals surface area (Å²) in [5.41, 5.74) is 0. The van der Waals surface area contributed by atoms with Crippen LogP contribution in [0.25, 0.3) is 4.85 Å². The van der Waals surface area contributed by atoms with E-state index in [0.717, 1.165) is 24.5 Å². The van der Waals surface area contributed by atoms with Crippen molar-refractivity contribution in [1.82, 2.24) is 4.98 Å². The van der Waals surface area contributed by atoms with E-state index in [-0.39, 0.29) is 0 Å². The predicted octanol–water partition coefficient (Wildman–Crippen LogP) is 3.59. The normalized spacial score (nSPS) is 24.8. The van der Waals surface area contributed by atoms with Crippen LogP contribution in [0, 0.1) is 12.5 Å². The van der Waals surface area contributed by atoms with Gasteiger partial charge in [-0.25, -0.2) is 0 Å². The van der Waals surface area contributed by atoms with E-state index in [9.17, 15) is 0 Å². The van der Waals surface area contributed by atoms with E-state index in [1.165, 1.54) is 12.8 Å². The highest BCUT2D eigenvalue weighted by atomic mass is 16.5. The van der Waals surface area contributed by atoms with Crippen molar-refractivity contribution in [2.24, 2.45) is 5.92 Å². The van der Waals surface area contributed by atoms with Crippen molar-refractivity contribution in [1.29, 1.82) is 0 Å². The maximum Gasteiger partial charge on any atom is 0.273 e. The van der Waals surface area contributed by atoms with Gasteiger partial charge in [-0.05, 0) is 31.6 Å². The molecule has 1 aliphatic rings. The van der Waals surface area contributed by atoms with Gasteiger partial charge in [0.05, 0.1) is 6.10 Å². The van der Waals surface area contributed by atoms with Crippen LogP contribution < -0.4 is 4.74 Å². The van der Waals surface area contributed by atoms with Gasteiger partial charge in [-0.2, -0.15) is 0 Å². The maximum atomic E-state index is 6.89. The van der Waals surface area contributed by atoms with Crippen molar-refractivity contribution >= 4 is 5.82 Å². The Balaban J connectivity index is 1.96. The molecule has 0 N–H and O–H groups in total. The quantitative estimate of drug-likeness (QED) is 0.706. The highest BCUT2D eigenvalue weighted by molar-refractivity contribution is 5.41. The number of rotatable bonds is 2. The molecular weight excluding hydrogens is 200 g/mol. The lowest BCUT2D eigenvalue weighted by atomic mass is 9.89. The van der Waals surface area contributed by atoms with Gasteiger partial charge in [-0.3, -0.25) is 0 Å². The Morgan fingerprint density at radius 1 is 1.38 bits per heavy atom. The lowest BCUT2D eigenvalue weighted by Crippen LogP contribution is -2.22. The Morgan fingerprint density at radius 2 is 2.12 bits per heavy atom. The molecule has 84 valence electrons. The van der Waals surface area contributed by atoms with E-state index < -0.39 is 0 Å². The molecule has 3 heteroatoms. The van der Waals surface area contributed by atoms with Gasteiger partial charge in [0, 0.05) is 12.1 Å². The average Bonchev–Trinajstić information content (AvgIpc) is 2.32. The second-order valence-electron chi connectivity index (χ2n) is 4.46. The molecule has 1 aromatic rings.